The lowest BCUT2D eigenvalue weighted by Crippen LogP contribution is -2.40. The smallest absolute Gasteiger partial charge is 0.203 e. The highest BCUT2D eigenvalue weighted by Gasteiger charge is 2.27. The highest BCUT2D eigenvalue weighted by atomic mass is 16.5. The fourth-order valence-electron chi connectivity index (χ4n) is 3.75. The molecule has 0 radical (unpaired) electrons. The molecule has 0 amide bonds. The van der Waals surface area contributed by atoms with Gasteiger partial charge in [0.05, 0.1) is 34.1 Å². The van der Waals surface area contributed by atoms with Gasteiger partial charge in [-0.2, -0.15) is 5.10 Å². The molecule has 1 aromatic carbocycles. The number of ether oxygens (including phenoxy) is 3. The minimum atomic E-state index is 0.475. The number of aromatic nitrogens is 2. The molecular formula is C21H31N5O3. The number of rotatable bonds is 7. The standard InChI is InChI=1S/C21H31N5O3/c1-6-22-21(26-10-9-16(14-26)17-12-24-25(2)13-17)23-11-15-7-8-18(27-3)20(29-5)19(15)28-4/h7-8,12-13,16H,6,9-11,14H2,1-5H3,(H,22,23). The number of likely N-dealkylation sites (tertiary alicyclic amines) is 1. The van der Waals surface area contributed by atoms with Crippen LogP contribution in [-0.2, 0) is 13.6 Å². The van der Waals surface area contributed by atoms with E-state index < -0.39 is 0 Å². The van der Waals surface area contributed by atoms with Crippen LogP contribution in [0.15, 0.2) is 29.5 Å². The van der Waals surface area contributed by atoms with E-state index in [0.717, 1.165) is 37.6 Å². The Kier molecular flexibility index (Phi) is 6.85. The van der Waals surface area contributed by atoms with Gasteiger partial charge in [0, 0.05) is 44.4 Å². The Bertz CT molecular complexity index is 849. The number of methoxy groups -OCH3 is 3. The Morgan fingerprint density at radius 2 is 2.00 bits per heavy atom. The van der Waals surface area contributed by atoms with E-state index in [9.17, 15) is 0 Å². The molecule has 0 aliphatic carbocycles. The first-order valence-corrected chi connectivity index (χ1v) is 9.90. The van der Waals surface area contributed by atoms with Crippen LogP contribution in [0.5, 0.6) is 17.2 Å². The van der Waals surface area contributed by atoms with Gasteiger partial charge in [0.15, 0.2) is 17.5 Å². The van der Waals surface area contributed by atoms with E-state index in [1.807, 2.05) is 30.1 Å². The van der Waals surface area contributed by atoms with E-state index in [1.165, 1.54) is 5.56 Å². The quantitative estimate of drug-likeness (QED) is 0.567. The molecule has 1 aliphatic heterocycles. The van der Waals surface area contributed by atoms with Crippen molar-refractivity contribution in [1.29, 1.82) is 0 Å². The highest BCUT2D eigenvalue weighted by Crippen LogP contribution is 2.40. The molecule has 8 nitrogen and oxygen atoms in total. The zero-order valence-electron chi connectivity index (χ0n) is 17.9. The summed E-state index contributed by atoms with van der Waals surface area (Å²) in [7, 11) is 6.82. The Hall–Kier alpha value is -2.90. The lowest BCUT2D eigenvalue weighted by atomic mass is 10.0. The third-order valence-electron chi connectivity index (χ3n) is 5.20. The van der Waals surface area contributed by atoms with Crippen molar-refractivity contribution >= 4 is 5.96 Å². The van der Waals surface area contributed by atoms with Crippen LogP contribution in [0.2, 0.25) is 0 Å². The minimum absolute atomic E-state index is 0.475. The van der Waals surface area contributed by atoms with E-state index in [0.29, 0.717) is 29.7 Å². The van der Waals surface area contributed by atoms with Gasteiger partial charge < -0.3 is 24.4 Å². The minimum Gasteiger partial charge on any atom is -0.493 e. The molecule has 1 saturated heterocycles. The number of guanidine groups is 1. The van der Waals surface area contributed by atoms with Crippen LogP contribution in [0.3, 0.4) is 0 Å². The molecule has 2 heterocycles. The van der Waals surface area contributed by atoms with Crippen LogP contribution in [0, 0.1) is 0 Å². The molecule has 29 heavy (non-hydrogen) atoms. The van der Waals surface area contributed by atoms with Crippen LogP contribution < -0.4 is 19.5 Å². The van der Waals surface area contributed by atoms with Crippen molar-refractivity contribution in [2.45, 2.75) is 25.8 Å². The molecule has 158 valence electrons. The molecule has 0 saturated carbocycles. The SMILES string of the molecule is CCNC(=NCc1ccc(OC)c(OC)c1OC)N1CCC(c2cnn(C)c2)C1. The number of nitrogens with zero attached hydrogens (tertiary/aromatic N) is 4. The molecule has 1 aromatic heterocycles. The summed E-state index contributed by atoms with van der Waals surface area (Å²) >= 11 is 0. The van der Waals surface area contributed by atoms with Crippen molar-refractivity contribution in [3.63, 3.8) is 0 Å². The Labute approximate surface area is 172 Å². The molecule has 1 fully saturated rings. The molecule has 0 bridgehead atoms. The second kappa shape index (κ2) is 9.54. The number of hydrogen-bond acceptors (Lipinski definition) is 5. The van der Waals surface area contributed by atoms with Gasteiger partial charge >= 0.3 is 0 Å². The van der Waals surface area contributed by atoms with Gasteiger partial charge in [0.2, 0.25) is 5.75 Å². The summed E-state index contributed by atoms with van der Waals surface area (Å²) in [6, 6.07) is 3.85. The fourth-order valence-corrected chi connectivity index (χ4v) is 3.75. The first-order chi connectivity index (χ1) is 14.1. The number of benzene rings is 1. The van der Waals surface area contributed by atoms with E-state index in [4.69, 9.17) is 19.2 Å². The molecule has 2 aromatic rings. The average molecular weight is 402 g/mol. The predicted octanol–water partition coefficient (Wildman–Crippen LogP) is 2.40. The zero-order valence-corrected chi connectivity index (χ0v) is 17.9. The van der Waals surface area contributed by atoms with Gasteiger partial charge in [0.1, 0.15) is 0 Å². The molecular weight excluding hydrogens is 370 g/mol. The Morgan fingerprint density at radius 1 is 1.21 bits per heavy atom. The summed E-state index contributed by atoms with van der Waals surface area (Å²) in [5.74, 6) is 3.27. The van der Waals surface area contributed by atoms with Crippen LogP contribution in [0.1, 0.15) is 30.4 Å². The second-order valence-electron chi connectivity index (χ2n) is 7.04. The van der Waals surface area contributed by atoms with E-state index in [1.54, 1.807) is 21.3 Å². The van der Waals surface area contributed by atoms with Crippen molar-refractivity contribution in [1.82, 2.24) is 20.0 Å². The van der Waals surface area contributed by atoms with Crippen LogP contribution >= 0.6 is 0 Å². The van der Waals surface area contributed by atoms with Crippen LogP contribution in [0.4, 0.5) is 0 Å². The molecule has 1 unspecified atom stereocenters. The maximum absolute atomic E-state index is 5.59. The molecule has 1 N–H and O–H groups in total. The van der Waals surface area contributed by atoms with Gasteiger partial charge in [-0.15, -0.1) is 0 Å². The van der Waals surface area contributed by atoms with Crippen molar-refractivity contribution < 1.29 is 14.2 Å². The van der Waals surface area contributed by atoms with Crippen molar-refractivity contribution in [3.8, 4) is 17.2 Å². The fraction of sp³-hybridized carbons (Fsp3) is 0.524. The third-order valence-corrected chi connectivity index (χ3v) is 5.20. The summed E-state index contributed by atoms with van der Waals surface area (Å²) in [5.41, 5.74) is 2.23. The molecule has 1 aliphatic rings. The van der Waals surface area contributed by atoms with Crippen molar-refractivity contribution in [3.05, 3.63) is 35.7 Å². The first kappa shape index (κ1) is 20.8. The molecule has 3 rings (SSSR count). The first-order valence-electron chi connectivity index (χ1n) is 9.90. The van der Waals surface area contributed by atoms with Crippen LogP contribution in [0.25, 0.3) is 0 Å². The van der Waals surface area contributed by atoms with E-state index >= 15 is 0 Å². The lowest BCUT2D eigenvalue weighted by molar-refractivity contribution is 0.322. The molecule has 0 spiro atoms. The highest BCUT2D eigenvalue weighted by molar-refractivity contribution is 5.80. The maximum atomic E-state index is 5.59. The summed E-state index contributed by atoms with van der Waals surface area (Å²) in [4.78, 5) is 7.19. The number of nitrogens with one attached hydrogen (secondary N) is 1. The predicted molar refractivity (Wildman–Crippen MR) is 113 cm³/mol. The Morgan fingerprint density at radius 3 is 2.62 bits per heavy atom. The van der Waals surface area contributed by atoms with E-state index in [2.05, 4.69) is 28.4 Å². The summed E-state index contributed by atoms with van der Waals surface area (Å²) < 4.78 is 18.3. The topological polar surface area (TPSA) is 73.1 Å². The largest absolute Gasteiger partial charge is 0.493 e. The number of aryl methyl sites for hydroxylation is 1. The zero-order chi connectivity index (χ0) is 20.8. The summed E-state index contributed by atoms with van der Waals surface area (Å²) in [5, 5.41) is 7.73. The van der Waals surface area contributed by atoms with Crippen LogP contribution in [-0.4, -0.2) is 61.6 Å². The van der Waals surface area contributed by atoms with Gasteiger partial charge in [-0.25, -0.2) is 4.99 Å². The van der Waals surface area contributed by atoms with E-state index in [-0.39, 0.29) is 0 Å². The van der Waals surface area contributed by atoms with Gasteiger partial charge in [-0.1, -0.05) is 0 Å². The number of aliphatic imine (C=N–C) groups is 1. The molecule has 1 atom stereocenters. The van der Waals surface area contributed by atoms with Crippen molar-refractivity contribution in [2.75, 3.05) is 41.0 Å². The maximum Gasteiger partial charge on any atom is 0.203 e. The monoisotopic (exact) mass is 401 g/mol. The van der Waals surface area contributed by atoms with Gasteiger partial charge in [-0.3, -0.25) is 4.68 Å². The lowest BCUT2D eigenvalue weighted by Gasteiger charge is -2.22. The van der Waals surface area contributed by atoms with Gasteiger partial charge in [0.25, 0.3) is 0 Å². The Balaban J connectivity index is 1.78. The van der Waals surface area contributed by atoms with Gasteiger partial charge in [-0.05, 0) is 31.0 Å². The summed E-state index contributed by atoms with van der Waals surface area (Å²) in [6.45, 7) is 5.28. The normalized spacial score (nSPS) is 16.8. The number of hydrogen-bond donors (Lipinski definition) is 1. The summed E-state index contributed by atoms with van der Waals surface area (Å²) in [6.07, 6.45) is 5.16. The third kappa shape index (κ3) is 4.58. The molecule has 8 heteroatoms. The average Bonchev–Trinajstić information content (AvgIpc) is 3.39. The van der Waals surface area contributed by atoms with Crippen molar-refractivity contribution in [2.24, 2.45) is 12.0 Å². The second-order valence-corrected chi connectivity index (χ2v) is 7.04.